The van der Waals surface area contributed by atoms with E-state index in [0.29, 0.717) is 11.3 Å². The van der Waals surface area contributed by atoms with Crippen LogP contribution in [0, 0.1) is 6.92 Å². The second-order valence-electron chi connectivity index (χ2n) is 10.5. The van der Waals surface area contributed by atoms with Crippen molar-refractivity contribution in [1.29, 1.82) is 0 Å². The number of benzene rings is 4. The first-order chi connectivity index (χ1) is 19.0. The van der Waals surface area contributed by atoms with Crippen LogP contribution in [0.5, 0.6) is 0 Å². The normalized spacial score (nSPS) is 12.2. The number of aryl methyl sites for hydroxylation is 1. The first kappa shape index (κ1) is 29.9. The molecule has 0 atom stereocenters. The van der Waals surface area contributed by atoms with Gasteiger partial charge < -0.3 is 10.6 Å². The Morgan fingerprint density at radius 3 is 1.85 bits per heavy atom. The average Bonchev–Trinajstić information content (AvgIpc) is 2.86. The van der Waals surface area contributed by atoms with Gasteiger partial charge >= 0.3 is 0 Å². The van der Waals surface area contributed by atoms with Crippen molar-refractivity contribution in [3.8, 4) is 0 Å². The summed E-state index contributed by atoms with van der Waals surface area (Å²) in [5.41, 5.74) is 2.05. The highest BCUT2D eigenvalue weighted by Gasteiger charge is 2.25. The highest BCUT2D eigenvalue weighted by atomic mass is 32.2. The number of carbonyl (C=O) groups is 2. The lowest BCUT2D eigenvalue weighted by Gasteiger charge is -2.24. The number of hydrogen-bond acceptors (Lipinski definition) is 6. The van der Waals surface area contributed by atoms with Crippen LogP contribution >= 0.6 is 0 Å². The van der Waals surface area contributed by atoms with Crippen LogP contribution < -0.4 is 10.6 Å². The Hall–Kier alpha value is -4.10. The first-order valence-electron chi connectivity index (χ1n) is 12.3. The van der Waals surface area contributed by atoms with Gasteiger partial charge in [0.25, 0.3) is 32.1 Å². The minimum Gasteiger partial charge on any atom is -0.322 e. The molecule has 0 spiro atoms. The molecule has 4 aromatic carbocycles. The topological polar surface area (TPSA) is 167 Å². The molecule has 0 saturated heterocycles. The highest BCUT2D eigenvalue weighted by Crippen LogP contribution is 2.35. The number of hydrogen-bond donors (Lipinski definition) is 4. The Morgan fingerprint density at radius 2 is 1.27 bits per heavy atom. The molecule has 214 valence electrons. The fraction of sp³-hybridized carbons (Fsp3) is 0.172. The number of nitrogens with one attached hydrogen (secondary N) is 2. The standard InChI is InChI=1S/C29H28N2O8S2/c1-17-7-5-8-18(15-17)27(32)31-23-16-19(11-12-21(23)29(2,3)4)28(33)30-22-13-14-24(40(34,35)36)20-9-6-10-25(26(20)22)41(37,38)39/h5-16H,1-4H3,(H,30,33)(H,31,32)(H,34,35,36)(H,37,38,39). The lowest BCUT2D eigenvalue weighted by atomic mass is 9.85. The van der Waals surface area contributed by atoms with Gasteiger partial charge in [0.1, 0.15) is 9.79 Å². The van der Waals surface area contributed by atoms with Crippen LogP contribution in [-0.4, -0.2) is 37.8 Å². The van der Waals surface area contributed by atoms with Gasteiger partial charge in [0, 0.05) is 27.6 Å². The summed E-state index contributed by atoms with van der Waals surface area (Å²) in [5.74, 6) is -1.08. The van der Waals surface area contributed by atoms with Gasteiger partial charge in [-0.2, -0.15) is 16.8 Å². The smallest absolute Gasteiger partial charge is 0.295 e. The van der Waals surface area contributed by atoms with Crippen molar-refractivity contribution in [2.75, 3.05) is 10.6 Å². The van der Waals surface area contributed by atoms with E-state index in [9.17, 15) is 35.5 Å². The molecule has 0 radical (unpaired) electrons. The van der Waals surface area contributed by atoms with E-state index in [1.54, 1.807) is 24.3 Å². The SMILES string of the molecule is Cc1cccc(C(=O)Nc2cc(C(=O)Nc3ccc(S(=O)(=O)O)c4cccc(S(=O)(=O)O)c34)ccc2C(C)(C)C)c1. The second-order valence-corrected chi connectivity index (χ2v) is 13.3. The quantitative estimate of drug-likeness (QED) is 0.213. The van der Waals surface area contributed by atoms with E-state index in [1.165, 1.54) is 24.3 Å². The molecular formula is C29H28N2O8S2. The summed E-state index contributed by atoms with van der Waals surface area (Å²) in [6, 6.07) is 17.3. The van der Waals surface area contributed by atoms with Crippen molar-refractivity contribution in [3.05, 3.63) is 95.1 Å². The number of amides is 2. The largest absolute Gasteiger partial charge is 0.322 e. The summed E-state index contributed by atoms with van der Waals surface area (Å²) in [6.07, 6.45) is 0. The zero-order valence-electron chi connectivity index (χ0n) is 22.6. The molecule has 41 heavy (non-hydrogen) atoms. The lowest BCUT2D eigenvalue weighted by Crippen LogP contribution is -2.20. The molecule has 2 amide bonds. The third-order valence-corrected chi connectivity index (χ3v) is 8.19. The minimum atomic E-state index is -4.86. The molecule has 0 heterocycles. The highest BCUT2D eigenvalue weighted by molar-refractivity contribution is 7.86. The number of rotatable bonds is 6. The Balaban J connectivity index is 1.80. The predicted molar refractivity (Wildman–Crippen MR) is 156 cm³/mol. The van der Waals surface area contributed by atoms with Crippen molar-refractivity contribution in [1.82, 2.24) is 0 Å². The van der Waals surface area contributed by atoms with Crippen molar-refractivity contribution in [2.24, 2.45) is 0 Å². The van der Waals surface area contributed by atoms with Gasteiger partial charge in [0.2, 0.25) is 0 Å². The summed E-state index contributed by atoms with van der Waals surface area (Å²) in [4.78, 5) is 25.2. The van der Waals surface area contributed by atoms with E-state index in [4.69, 9.17) is 0 Å². The molecule has 4 N–H and O–H groups in total. The van der Waals surface area contributed by atoms with Gasteiger partial charge in [-0.3, -0.25) is 18.7 Å². The molecule has 0 saturated carbocycles. The number of anilines is 2. The summed E-state index contributed by atoms with van der Waals surface area (Å²) in [6.45, 7) is 7.71. The average molecular weight is 597 g/mol. The molecule has 12 heteroatoms. The van der Waals surface area contributed by atoms with Crippen LogP contribution in [0.2, 0.25) is 0 Å². The van der Waals surface area contributed by atoms with Gasteiger partial charge in [-0.25, -0.2) is 0 Å². The van der Waals surface area contributed by atoms with E-state index >= 15 is 0 Å². The van der Waals surface area contributed by atoms with Crippen molar-refractivity contribution >= 4 is 54.2 Å². The Labute approximate surface area is 237 Å². The summed E-state index contributed by atoms with van der Waals surface area (Å²) in [7, 11) is -9.64. The van der Waals surface area contributed by atoms with Gasteiger partial charge in [0.05, 0.1) is 5.69 Å². The monoisotopic (exact) mass is 596 g/mol. The lowest BCUT2D eigenvalue weighted by molar-refractivity contribution is 0.101. The fourth-order valence-electron chi connectivity index (χ4n) is 4.51. The Morgan fingerprint density at radius 1 is 0.683 bits per heavy atom. The van der Waals surface area contributed by atoms with E-state index in [0.717, 1.165) is 29.3 Å². The van der Waals surface area contributed by atoms with E-state index in [-0.39, 0.29) is 27.9 Å². The molecule has 4 rings (SSSR count). The third-order valence-electron chi connectivity index (χ3n) is 6.38. The molecule has 0 aliphatic carbocycles. The number of fused-ring (bicyclic) bond motifs is 1. The van der Waals surface area contributed by atoms with Crippen LogP contribution in [0.15, 0.2) is 82.6 Å². The van der Waals surface area contributed by atoms with E-state index in [2.05, 4.69) is 10.6 Å². The molecule has 0 fully saturated rings. The summed E-state index contributed by atoms with van der Waals surface area (Å²) in [5, 5.41) is 4.91. The summed E-state index contributed by atoms with van der Waals surface area (Å²) >= 11 is 0. The molecule has 0 aliphatic heterocycles. The zero-order chi connectivity index (χ0) is 30.3. The van der Waals surface area contributed by atoms with Crippen molar-refractivity contribution in [2.45, 2.75) is 42.9 Å². The summed E-state index contributed by atoms with van der Waals surface area (Å²) < 4.78 is 67.6. The molecule has 0 bridgehead atoms. The third kappa shape index (κ3) is 6.46. The van der Waals surface area contributed by atoms with Crippen molar-refractivity contribution < 1.29 is 35.5 Å². The van der Waals surface area contributed by atoms with Crippen LogP contribution in [0.3, 0.4) is 0 Å². The zero-order valence-corrected chi connectivity index (χ0v) is 24.2. The molecule has 0 aliphatic rings. The first-order valence-corrected chi connectivity index (χ1v) is 15.2. The van der Waals surface area contributed by atoms with E-state index < -0.39 is 41.3 Å². The Bertz CT molecular complexity index is 1930. The van der Waals surface area contributed by atoms with Gasteiger partial charge in [-0.15, -0.1) is 0 Å². The van der Waals surface area contributed by atoms with Crippen LogP contribution in [0.4, 0.5) is 11.4 Å². The van der Waals surface area contributed by atoms with Crippen molar-refractivity contribution in [3.63, 3.8) is 0 Å². The number of carbonyl (C=O) groups excluding carboxylic acids is 2. The van der Waals surface area contributed by atoms with E-state index in [1.807, 2.05) is 33.8 Å². The van der Waals surface area contributed by atoms with Gasteiger partial charge in [0.15, 0.2) is 0 Å². The fourth-order valence-corrected chi connectivity index (χ4v) is 5.93. The predicted octanol–water partition coefficient (Wildman–Crippen LogP) is 5.44. The minimum absolute atomic E-state index is 0.105. The maximum absolute atomic E-state index is 13.4. The Kier molecular flexibility index (Phi) is 7.80. The van der Waals surface area contributed by atoms with Crippen LogP contribution in [0.25, 0.3) is 10.8 Å². The van der Waals surface area contributed by atoms with Crippen LogP contribution in [-0.2, 0) is 25.7 Å². The molecule has 4 aromatic rings. The van der Waals surface area contributed by atoms with Gasteiger partial charge in [-0.1, -0.05) is 56.7 Å². The maximum Gasteiger partial charge on any atom is 0.295 e. The molecular weight excluding hydrogens is 568 g/mol. The molecule has 0 aromatic heterocycles. The molecule has 10 nitrogen and oxygen atoms in total. The maximum atomic E-state index is 13.4. The molecule has 0 unspecified atom stereocenters. The van der Waals surface area contributed by atoms with Crippen LogP contribution in [0.1, 0.15) is 52.6 Å². The second kappa shape index (κ2) is 10.7. The van der Waals surface area contributed by atoms with Gasteiger partial charge in [-0.05, 0) is 60.4 Å².